The molecule has 1 rings (SSSR count). The lowest BCUT2D eigenvalue weighted by molar-refractivity contribution is -0.138. The van der Waals surface area contributed by atoms with Crippen LogP contribution >= 0.6 is 0 Å². The highest BCUT2D eigenvalue weighted by Crippen LogP contribution is 2.29. The molecule has 98 valence electrons. The fourth-order valence-electron chi connectivity index (χ4n) is 1.36. The number of Topliss-reactive ketones (excluding diaryl/α,β-unsaturated/α-hetero) is 1. The minimum absolute atomic E-state index is 0.0928. The zero-order valence-corrected chi connectivity index (χ0v) is 9.28. The SMILES string of the molecule is CNC(C(=O)O)C(=O)c1ccc(C(F)(F)F)cc1. The van der Waals surface area contributed by atoms with E-state index < -0.39 is 29.5 Å². The van der Waals surface area contributed by atoms with Crippen LogP contribution in [-0.4, -0.2) is 29.9 Å². The molecule has 4 nitrogen and oxygen atoms in total. The van der Waals surface area contributed by atoms with E-state index in [1.165, 1.54) is 7.05 Å². The van der Waals surface area contributed by atoms with E-state index in [-0.39, 0.29) is 5.56 Å². The second-order valence-corrected chi connectivity index (χ2v) is 3.50. The topological polar surface area (TPSA) is 66.4 Å². The van der Waals surface area contributed by atoms with Gasteiger partial charge in [-0.2, -0.15) is 13.2 Å². The highest BCUT2D eigenvalue weighted by atomic mass is 19.4. The van der Waals surface area contributed by atoms with E-state index in [1.807, 2.05) is 0 Å². The summed E-state index contributed by atoms with van der Waals surface area (Å²) in [6, 6.07) is 1.92. The van der Waals surface area contributed by atoms with Crippen molar-refractivity contribution >= 4 is 11.8 Å². The average Bonchev–Trinajstić information content (AvgIpc) is 2.28. The van der Waals surface area contributed by atoms with E-state index >= 15 is 0 Å². The smallest absolute Gasteiger partial charge is 0.416 e. The van der Waals surface area contributed by atoms with Gasteiger partial charge in [0.2, 0.25) is 0 Å². The number of carboxylic acids is 1. The first-order chi connectivity index (χ1) is 8.27. The van der Waals surface area contributed by atoms with Gasteiger partial charge in [0.25, 0.3) is 0 Å². The Kier molecular flexibility index (Phi) is 4.07. The number of carbonyl (C=O) groups is 2. The lowest BCUT2D eigenvalue weighted by atomic mass is 10.0. The van der Waals surface area contributed by atoms with E-state index in [0.29, 0.717) is 0 Å². The van der Waals surface area contributed by atoms with Gasteiger partial charge < -0.3 is 10.4 Å². The van der Waals surface area contributed by atoms with Crippen LogP contribution in [0, 0.1) is 0 Å². The molecule has 2 N–H and O–H groups in total. The van der Waals surface area contributed by atoms with Crippen molar-refractivity contribution in [3.63, 3.8) is 0 Å². The molecule has 0 amide bonds. The molecule has 0 saturated carbocycles. The Balaban J connectivity index is 2.99. The van der Waals surface area contributed by atoms with Gasteiger partial charge in [0, 0.05) is 5.56 Å². The Bertz CT molecular complexity index is 454. The Morgan fingerprint density at radius 2 is 1.72 bits per heavy atom. The molecule has 1 atom stereocenters. The first-order valence-corrected chi connectivity index (χ1v) is 4.89. The number of hydrogen-bond donors (Lipinski definition) is 2. The zero-order valence-electron chi connectivity index (χ0n) is 9.28. The molecule has 7 heteroatoms. The molecule has 0 aliphatic carbocycles. The lowest BCUT2D eigenvalue weighted by Crippen LogP contribution is -2.41. The monoisotopic (exact) mass is 261 g/mol. The molecule has 1 aromatic rings. The van der Waals surface area contributed by atoms with Crippen molar-refractivity contribution in [1.29, 1.82) is 0 Å². The number of aliphatic carboxylic acids is 1. The van der Waals surface area contributed by atoms with Crippen molar-refractivity contribution < 1.29 is 27.9 Å². The Morgan fingerprint density at radius 1 is 1.22 bits per heavy atom. The molecule has 18 heavy (non-hydrogen) atoms. The van der Waals surface area contributed by atoms with Crippen LogP contribution < -0.4 is 5.32 Å². The standard InChI is InChI=1S/C11H10F3NO3/c1-15-8(10(17)18)9(16)6-2-4-7(5-3-6)11(12,13)14/h2-5,8,15H,1H3,(H,17,18). The molecule has 1 unspecified atom stereocenters. The van der Waals surface area contributed by atoms with Crippen LogP contribution in [0.25, 0.3) is 0 Å². The van der Waals surface area contributed by atoms with Crippen LogP contribution in [-0.2, 0) is 11.0 Å². The van der Waals surface area contributed by atoms with Gasteiger partial charge in [-0.25, -0.2) is 0 Å². The third kappa shape index (κ3) is 3.07. The second kappa shape index (κ2) is 5.18. The van der Waals surface area contributed by atoms with E-state index in [2.05, 4.69) is 5.32 Å². The zero-order chi connectivity index (χ0) is 13.9. The third-order valence-electron chi connectivity index (χ3n) is 2.29. The van der Waals surface area contributed by atoms with Gasteiger partial charge in [-0.1, -0.05) is 12.1 Å². The summed E-state index contributed by atoms with van der Waals surface area (Å²) in [6.45, 7) is 0. The van der Waals surface area contributed by atoms with Gasteiger partial charge in [0.1, 0.15) is 0 Å². The summed E-state index contributed by atoms with van der Waals surface area (Å²) in [4.78, 5) is 22.4. The van der Waals surface area contributed by atoms with Gasteiger partial charge in [0.15, 0.2) is 11.8 Å². The number of hydrogen-bond acceptors (Lipinski definition) is 3. The van der Waals surface area contributed by atoms with Crippen molar-refractivity contribution in [2.24, 2.45) is 0 Å². The third-order valence-corrected chi connectivity index (χ3v) is 2.29. The fraction of sp³-hybridized carbons (Fsp3) is 0.273. The second-order valence-electron chi connectivity index (χ2n) is 3.50. The number of ketones is 1. The van der Waals surface area contributed by atoms with Gasteiger partial charge in [-0.3, -0.25) is 9.59 Å². The van der Waals surface area contributed by atoms with Gasteiger partial charge >= 0.3 is 12.1 Å². The number of alkyl halides is 3. The predicted octanol–water partition coefficient (Wildman–Crippen LogP) is 1.56. The van der Waals surface area contributed by atoms with E-state index in [9.17, 15) is 22.8 Å². The van der Waals surface area contributed by atoms with Crippen LogP contribution in [0.1, 0.15) is 15.9 Å². The van der Waals surface area contributed by atoms with E-state index in [0.717, 1.165) is 24.3 Å². The summed E-state index contributed by atoms with van der Waals surface area (Å²) in [5.41, 5.74) is -0.986. The van der Waals surface area contributed by atoms with Gasteiger partial charge in [-0.15, -0.1) is 0 Å². The summed E-state index contributed by atoms with van der Waals surface area (Å²) in [5, 5.41) is 11.0. The van der Waals surface area contributed by atoms with Crippen molar-refractivity contribution in [3.8, 4) is 0 Å². The van der Waals surface area contributed by atoms with Crippen LogP contribution in [0.3, 0.4) is 0 Å². The molecule has 0 heterocycles. The van der Waals surface area contributed by atoms with Crippen LogP contribution in [0.15, 0.2) is 24.3 Å². The number of rotatable bonds is 4. The highest BCUT2D eigenvalue weighted by Gasteiger charge is 2.31. The summed E-state index contributed by atoms with van der Waals surface area (Å²) in [6.07, 6.45) is -4.49. The molecule has 0 aliphatic heterocycles. The highest BCUT2D eigenvalue weighted by molar-refractivity contribution is 6.11. The largest absolute Gasteiger partial charge is 0.480 e. The number of halogens is 3. The molecule has 0 aromatic heterocycles. The van der Waals surface area contributed by atoms with Crippen LogP contribution in [0.2, 0.25) is 0 Å². The van der Waals surface area contributed by atoms with Crippen molar-refractivity contribution in [2.75, 3.05) is 7.05 Å². The molecule has 0 radical (unpaired) electrons. The minimum Gasteiger partial charge on any atom is -0.480 e. The number of nitrogens with one attached hydrogen (secondary N) is 1. The maximum Gasteiger partial charge on any atom is 0.416 e. The molecule has 0 saturated heterocycles. The van der Waals surface area contributed by atoms with Gasteiger partial charge in [-0.05, 0) is 19.2 Å². The first-order valence-electron chi connectivity index (χ1n) is 4.89. The van der Waals surface area contributed by atoms with Crippen LogP contribution in [0.4, 0.5) is 13.2 Å². The first kappa shape index (κ1) is 14.2. The number of benzene rings is 1. The molecule has 0 fully saturated rings. The maximum absolute atomic E-state index is 12.3. The Morgan fingerprint density at radius 3 is 2.06 bits per heavy atom. The van der Waals surface area contributed by atoms with E-state index in [4.69, 9.17) is 5.11 Å². The summed E-state index contributed by atoms with van der Waals surface area (Å²) < 4.78 is 36.8. The maximum atomic E-state index is 12.3. The number of likely N-dealkylation sites (N-methyl/N-ethyl adjacent to an activating group) is 1. The molecule has 0 spiro atoms. The predicted molar refractivity (Wildman–Crippen MR) is 56.3 cm³/mol. The summed E-state index contributed by atoms with van der Waals surface area (Å²) in [7, 11) is 1.28. The average molecular weight is 261 g/mol. The molecule has 1 aromatic carbocycles. The van der Waals surface area contributed by atoms with Gasteiger partial charge in [0.05, 0.1) is 5.56 Å². The fourth-order valence-corrected chi connectivity index (χ4v) is 1.36. The molecular weight excluding hydrogens is 251 g/mol. The Labute approximate surface area is 100 Å². The summed E-state index contributed by atoms with van der Waals surface area (Å²) >= 11 is 0. The molecule has 0 bridgehead atoms. The summed E-state index contributed by atoms with van der Waals surface area (Å²) in [5.74, 6) is -2.18. The quantitative estimate of drug-likeness (QED) is 0.637. The molecular formula is C11H10F3NO3. The van der Waals surface area contributed by atoms with Crippen LogP contribution in [0.5, 0.6) is 0 Å². The number of carboxylic acid groups (broad SMARTS) is 1. The van der Waals surface area contributed by atoms with Crippen molar-refractivity contribution in [1.82, 2.24) is 5.32 Å². The van der Waals surface area contributed by atoms with Crippen molar-refractivity contribution in [2.45, 2.75) is 12.2 Å². The lowest BCUT2D eigenvalue weighted by Gasteiger charge is -2.11. The van der Waals surface area contributed by atoms with Crippen molar-refractivity contribution in [3.05, 3.63) is 35.4 Å². The number of carbonyl (C=O) groups excluding carboxylic acids is 1. The normalized spacial score (nSPS) is 13.1. The van der Waals surface area contributed by atoms with E-state index in [1.54, 1.807) is 0 Å². The Hall–Kier alpha value is -1.89. The minimum atomic E-state index is -4.49. The molecule has 0 aliphatic rings.